The molecule has 0 fully saturated rings. The molecule has 1 amide bonds. The fourth-order valence-corrected chi connectivity index (χ4v) is 4.02. The predicted octanol–water partition coefficient (Wildman–Crippen LogP) is 3.59. The summed E-state index contributed by atoms with van der Waals surface area (Å²) >= 11 is 1.20. The van der Waals surface area contributed by atoms with Crippen LogP contribution >= 0.6 is 11.7 Å². The topological polar surface area (TPSA) is 64.1 Å². The number of fused-ring (bicyclic) bond motifs is 4. The molecule has 0 saturated heterocycles. The monoisotopic (exact) mass is 335 g/mol. The maximum Gasteiger partial charge on any atom is 0.225 e. The van der Waals surface area contributed by atoms with Crippen molar-refractivity contribution in [2.75, 3.05) is 11.9 Å². The summed E-state index contributed by atoms with van der Waals surface area (Å²) in [6.45, 7) is 0.488. The first kappa shape index (κ1) is 13.7. The second-order valence-corrected chi connectivity index (χ2v) is 6.54. The van der Waals surface area contributed by atoms with Crippen LogP contribution in [0.25, 0.3) is 17.1 Å². The lowest BCUT2D eigenvalue weighted by Crippen LogP contribution is -2.26. The van der Waals surface area contributed by atoms with Crippen LogP contribution in [0, 0.1) is 0 Å². The molecule has 1 unspecified atom stereocenters. The van der Waals surface area contributed by atoms with Gasteiger partial charge in [0.15, 0.2) is 0 Å². The molecule has 1 N–H and O–H groups in total. The van der Waals surface area contributed by atoms with Crippen molar-refractivity contribution in [1.82, 2.24) is 8.75 Å². The molecular weight excluding hydrogens is 322 g/mol. The number of hydrogen-bond acceptors (Lipinski definition) is 5. The Morgan fingerprint density at radius 3 is 3.04 bits per heavy atom. The third-order valence-electron chi connectivity index (χ3n) is 4.58. The van der Waals surface area contributed by atoms with Gasteiger partial charge >= 0.3 is 0 Å². The maximum atomic E-state index is 12.2. The van der Waals surface area contributed by atoms with E-state index in [2.05, 4.69) is 20.1 Å². The molecule has 0 spiro atoms. The van der Waals surface area contributed by atoms with E-state index in [9.17, 15) is 4.79 Å². The first-order chi connectivity index (χ1) is 11.8. The molecule has 2 aliphatic heterocycles. The molecule has 3 aromatic rings. The minimum Gasteiger partial charge on any atom is -0.489 e. The zero-order valence-electron chi connectivity index (χ0n) is 12.7. The third-order valence-corrected chi connectivity index (χ3v) is 5.12. The van der Waals surface area contributed by atoms with E-state index in [1.165, 1.54) is 11.7 Å². The van der Waals surface area contributed by atoms with Gasteiger partial charge in [0.25, 0.3) is 0 Å². The van der Waals surface area contributed by atoms with Crippen LogP contribution in [-0.4, -0.2) is 21.3 Å². The fraction of sp³-hybridized carbons (Fsp3) is 0.167. The molecule has 2 aromatic carbocycles. The molecule has 0 bridgehead atoms. The Morgan fingerprint density at radius 1 is 1.17 bits per heavy atom. The number of aromatic nitrogens is 2. The van der Waals surface area contributed by atoms with Gasteiger partial charge in [0, 0.05) is 29.2 Å². The van der Waals surface area contributed by atoms with Crippen molar-refractivity contribution in [1.29, 1.82) is 0 Å². The Bertz CT molecular complexity index is 1010. The first-order valence-corrected chi connectivity index (χ1v) is 8.50. The number of nitrogens with zero attached hydrogens (tertiary/aromatic N) is 2. The van der Waals surface area contributed by atoms with E-state index in [0.717, 1.165) is 39.2 Å². The van der Waals surface area contributed by atoms with Crippen LogP contribution in [0.5, 0.6) is 5.75 Å². The number of benzene rings is 2. The number of rotatable bonds is 1. The summed E-state index contributed by atoms with van der Waals surface area (Å²) in [5.41, 5.74) is 5.78. The number of para-hydroxylation sites is 1. The summed E-state index contributed by atoms with van der Waals surface area (Å²) in [7, 11) is 0. The molecule has 1 atom stereocenters. The fourth-order valence-electron chi connectivity index (χ4n) is 3.47. The summed E-state index contributed by atoms with van der Waals surface area (Å²) < 4.78 is 14.7. The minimum atomic E-state index is -0.0327. The Labute approximate surface area is 142 Å². The van der Waals surface area contributed by atoms with Gasteiger partial charge in [-0.05, 0) is 29.8 Å². The number of anilines is 1. The van der Waals surface area contributed by atoms with Gasteiger partial charge in [0.2, 0.25) is 5.91 Å². The van der Waals surface area contributed by atoms with E-state index >= 15 is 0 Å². The van der Waals surface area contributed by atoms with E-state index in [-0.39, 0.29) is 11.8 Å². The summed E-state index contributed by atoms with van der Waals surface area (Å²) in [5.74, 6) is 0.875. The lowest BCUT2D eigenvalue weighted by Gasteiger charge is -2.29. The average molecular weight is 335 g/mol. The highest BCUT2D eigenvalue weighted by Gasteiger charge is 2.32. The molecule has 6 heteroatoms. The van der Waals surface area contributed by atoms with Gasteiger partial charge < -0.3 is 10.1 Å². The Hall–Kier alpha value is -2.73. The molecular formula is C18H13N3O2S. The van der Waals surface area contributed by atoms with Crippen LogP contribution in [0.2, 0.25) is 0 Å². The summed E-state index contributed by atoms with van der Waals surface area (Å²) in [6, 6.07) is 11.8. The smallest absolute Gasteiger partial charge is 0.225 e. The molecule has 0 radical (unpaired) electrons. The van der Waals surface area contributed by atoms with Crippen LogP contribution in [0.1, 0.15) is 23.5 Å². The largest absolute Gasteiger partial charge is 0.489 e. The highest BCUT2D eigenvalue weighted by molar-refractivity contribution is 7.00. The molecule has 5 nitrogen and oxygen atoms in total. The number of ether oxygens (including phenoxy) is 1. The van der Waals surface area contributed by atoms with Crippen molar-refractivity contribution < 1.29 is 9.53 Å². The van der Waals surface area contributed by atoms with Crippen LogP contribution < -0.4 is 10.1 Å². The number of amides is 1. The number of carbonyl (C=O) groups is 1. The minimum absolute atomic E-state index is 0.0230. The number of nitrogens with one attached hydrogen (secondary N) is 1. The average Bonchev–Trinajstić information content (AvgIpc) is 3.09. The standard InChI is InChI=1S/C18H13N3O2S/c22-16-8-12(11-7-10-3-1-2-4-15(10)23-9-11)17-13(19-16)5-6-14-18(17)21-24-20-14/h1-7,12H,8-9H2,(H,19,22). The van der Waals surface area contributed by atoms with Crippen molar-refractivity contribution in [3.8, 4) is 5.75 Å². The number of carbonyl (C=O) groups excluding carboxylic acids is 1. The Morgan fingerprint density at radius 2 is 2.08 bits per heavy atom. The van der Waals surface area contributed by atoms with Gasteiger partial charge in [-0.15, -0.1) is 0 Å². The van der Waals surface area contributed by atoms with Crippen LogP contribution in [-0.2, 0) is 4.79 Å². The van der Waals surface area contributed by atoms with E-state index in [0.29, 0.717) is 13.0 Å². The van der Waals surface area contributed by atoms with Crippen LogP contribution in [0.4, 0.5) is 5.69 Å². The quantitative estimate of drug-likeness (QED) is 0.738. The van der Waals surface area contributed by atoms with E-state index in [1.807, 2.05) is 36.4 Å². The zero-order chi connectivity index (χ0) is 16.1. The molecule has 118 valence electrons. The highest BCUT2D eigenvalue weighted by atomic mass is 32.1. The van der Waals surface area contributed by atoms with Gasteiger partial charge in [0.05, 0.1) is 11.7 Å². The van der Waals surface area contributed by atoms with Crippen LogP contribution in [0.3, 0.4) is 0 Å². The van der Waals surface area contributed by atoms with Crippen molar-refractivity contribution in [3.05, 3.63) is 53.1 Å². The van der Waals surface area contributed by atoms with E-state index in [1.54, 1.807) is 0 Å². The molecule has 1 aromatic heterocycles. The second-order valence-electron chi connectivity index (χ2n) is 6.01. The van der Waals surface area contributed by atoms with Crippen molar-refractivity contribution in [2.45, 2.75) is 12.3 Å². The second kappa shape index (κ2) is 5.14. The van der Waals surface area contributed by atoms with Gasteiger partial charge in [0.1, 0.15) is 23.4 Å². The normalized spacial score (nSPS) is 19.1. The van der Waals surface area contributed by atoms with Gasteiger partial charge in [-0.3, -0.25) is 4.79 Å². The van der Waals surface area contributed by atoms with Crippen LogP contribution in [0.15, 0.2) is 42.0 Å². The molecule has 2 aliphatic rings. The number of hydrogen-bond donors (Lipinski definition) is 1. The van der Waals surface area contributed by atoms with Crippen molar-refractivity contribution in [2.24, 2.45) is 0 Å². The van der Waals surface area contributed by atoms with Gasteiger partial charge in [-0.25, -0.2) is 0 Å². The summed E-state index contributed by atoms with van der Waals surface area (Å²) in [5, 5.41) is 2.96. The van der Waals surface area contributed by atoms with Gasteiger partial charge in [-0.1, -0.05) is 18.2 Å². The summed E-state index contributed by atoms with van der Waals surface area (Å²) in [4.78, 5) is 12.2. The predicted molar refractivity (Wildman–Crippen MR) is 93.3 cm³/mol. The molecule has 0 aliphatic carbocycles. The Balaban J connectivity index is 1.69. The first-order valence-electron chi connectivity index (χ1n) is 7.77. The zero-order valence-corrected chi connectivity index (χ0v) is 13.5. The third kappa shape index (κ3) is 2.03. The molecule has 24 heavy (non-hydrogen) atoms. The SMILES string of the molecule is O=C1CC(C2=Cc3ccccc3OC2)c2c(ccc3nsnc23)N1. The van der Waals surface area contributed by atoms with E-state index < -0.39 is 0 Å². The highest BCUT2D eigenvalue weighted by Crippen LogP contribution is 2.43. The van der Waals surface area contributed by atoms with E-state index in [4.69, 9.17) is 4.74 Å². The Kier molecular flexibility index (Phi) is 2.93. The molecule has 5 rings (SSSR count). The summed E-state index contributed by atoms with van der Waals surface area (Å²) in [6.07, 6.45) is 2.55. The van der Waals surface area contributed by atoms with Crippen molar-refractivity contribution in [3.63, 3.8) is 0 Å². The molecule has 0 saturated carbocycles. The molecule has 3 heterocycles. The maximum absolute atomic E-state index is 12.2. The van der Waals surface area contributed by atoms with Gasteiger partial charge in [-0.2, -0.15) is 8.75 Å². The lowest BCUT2D eigenvalue weighted by atomic mass is 9.82. The van der Waals surface area contributed by atoms with Crippen molar-refractivity contribution >= 4 is 40.4 Å². The lowest BCUT2D eigenvalue weighted by molar-refractivity contribution is -0.116.